The molecule has 18 heavy (non-hydrogen) atoms. The molecule has 1 aromatic rings. The SMILES string of the molecule is CCC1(CNC(=O)c2cnc(NN)cn2)CCC1. The summed E-state index contributed by atoms with van der Waals surface area (Å²) in [6.45, 7) is 2.90. The number of nitrogens with zero attached hydrogens (tertiary/aromatic N) is 2. The normalized spacial score (nSPS) is 16.8. The molecule has 1 aliphatic carbocycles. The van der Waals surface area contributed by atoms with E-state index in [9.17, 15) is 4.79 Å². The van der Waals surface area contributed by atoms with Crippen molar-refractivity contribution in [2.75, 3.05) is 12.0 Å². The first kappa shape index (κ1) is 12.8. The Balaban J connectivity index is 1.90. The molecule has 0 unspecified atom stereocenters. The molecule has 0 bridgehead atoms. The molecule has 98 valence electrons. The van der Waals surface area contributed by atoms with Crippen LogP contribution in [0, 0.1) is 5.41 Å². The van der Waals surface area contributed by atoms with Crippen LogP contribution in [0.15, 0.2) is 12.4 Å². The minimum atomic E-state index is -0.175. The van der Waals surface area contributed by atoms with Gasteiger partial charge in [0.2, 0.25) is 0 Å². The van der Waals surface area contributed by atoms with Crippen molar-refractivity contribution in [3.05, 3.63) is 18.1 Å². The van der Waals surface area contributed by atoms with E-state index < -0.39 is 0 Å². The van der Waals surface area contributed by atoms with Crippen LogP contribution in [-0.2, 0) is 0 Å². The van der Waals surface area contributed by atoms with Gasteiger partial charge in [0.1, 0.15) is 5.69 Å². The fraction of sp³-hybridized carbons (Fsp3) is 0.583. The van der Waals surface area contributed by atoms with Crippen LogP contribution in [0.1, 0.15) is 43.1 Å². The molecule has 0 saturated heterocycles. The average molecular weight is 249 g/mol. The smallest absolute Gasteiger partial charge is 0.271 e. The van der Waals surface area contributed by atoms with Gasteiger partial charge in [0.25, 0.3) is 5.91 Å². The number of nitrogen functional groups attached to an aromatic ring is 1. The molecule has 1 fully saturated rings. The van der Waals surface area contributed by atoms with Gasteiger partial charge in [0, 0.05) is 6.54 Å². The van der Waals surface area contributed by atoms with Crippen LogP contribution in [0.5, 0.6) is 0 Å². The van der Waals surface area contributed by atoms with Crippen LogP contribution in [0.25, 0.3) is 0 Å². The number of nitrogens with one attached hydrogen (secondary N) is 2. The Morgan fingerprint density at radius 2 is 2.22 bits per heavy atom. The van der Waals surface area contributed by atoms with Gasteiger partial charge in [-0.25, -0.2) is 15.8 Å². The highest BCUT2D eigenvalue weighted by Crippen LogP contribution is 2.43. The van der Waals surface area contributed by atoms with Gasteiger partial charge in [0.15, 0.2) is 5.82 Å². The number of rotatable bonds is 5. The second-order valence-electron chi connectivity index (χ2n) is 4.82. The molecule has 1 saturated carbocycles. The summed E-state index contributed by atoms with van der Waals surface area (Å²) >= 11 is 0. The maximum atomic E-state index is 11.9. The molecule has 2 rings (SSSR count). The van der Waals surface area contributed by atoms with E-state index in [2.05, 4.69) is 27.6 Å². The minimum absolute atomic E-state index is 0.175. The number of hydrogen-bond acceptors (Lipinski definition) is 5. The summed E-state index contributed by atoms with van der Waals surface area (Å²) in [4.78, 5) is 19.8. The quantitative estimate of drug-likeness (QED) is 0.536. The highest BCUT2D eigenvalue weighted by molar-refractivity contribution is 5.92. The van der Waals surface area contributed by atoms with E-state index in [0.29, 0.717) is 16.9 Å². The van der Waals surface area contributed by atoms with E-state index in [-0.39, 0.29) is 5.91 Å². The topological polar surface area (TPSA) is 92.9 Å². The zero-order chi connectivity index (χ0) is 13.0. The van der Waals surface area contributed by atoms with Crippen LogP contribution in [-0.4, -0.2) is 22.4 Å². The summed E-state index contributed by atoms with van der Waals surface area (Å²) in [7, 11) is 0. The Labute approximate surface area is 106 Å². The standard InChI is InChI=1S/C12H19N5O/c1-2-12(4-3-5-12)8-16-11(18)9-6-15-10(17-13)7-14-9/h6-7H,2-5,8,13H2,1H3,(H,15,17)(H,16,18). The van der Waals surface area contributed by atoms with Crippen LogP contribution < -0.4 is 16.6 Å². The summed E-state index contributed by atoms with van der Waals surface area (Å²) in [5.74, 6) is 5.45. The minimum Gasteiger partial charge on any atom is -0.350 e. The molecule has 0 radical (unpaired) electrons. The lowest BCUT2D eigenvalue weighted by atomic mass is 9.67. The van der Waals surface area contributed by atoms with E-state index in [4.69, 9.17) is 5.84 Å². The van der Waals surface area contributed by atoms with Gasteiger partial charge in [0.05, 0.1) is 12.4 Å². The van der Waals surface area contributed by atoms with Crippen molar-refractivity contribution in [3.63, 3.8) is 0 Å². The predicted octanol–water partition coefficient (Wildman–Crippen LogP) is 1.07. The number of carbonyl (C=O) groups is 1. The first-order valence-electron chi connectivity index (χ1n) is 6.26. The number of amides is 1. The van der Waals surface area contributed by atoms with Crippen LogP contribution in [0.3, 0.4) is 0 Å². The van der Waals surface area contributed by atoms with Crippen LogP contribution in [0.2, 0.25) is 0 Å². The molecule has 0 spiro atoms. The third-order valence-corrected chi connectivity index (χ3v) is 3.82. The van der Waals surface area contributed by atoms with Crippen molar-refractivity contribution in [2.45, 2.75) is 32.6 Å². The number of hydrazine groups is 1. The number of nitrogens with two attached hydrogens (primary N) is 1. The first-order valence-corrected chi connectivity index (χ1v) is 6.26. The Morgan fingerprint density at radius 3 is 2.67 bits per heavy atom. The Morgan fingerprint density at radius 1 is 1.44 bits per heavy atom. The predicted molar refractivity (Wildman–Crippen MR) is 68.8 cm³/mol. The molecular weight excluding hydrogens is 230 g/mol. The average Bonchev–Trinajstić information content (AvgIpc) is 2.38. The van der Waals surface area contributed by atoms with Gasteiger partial charge < -0.3 is 10.7 Å². The molecule has 4 N–H and O–H groups in total. The second-order valence-corrected chi connectivity index (χ2v) is 4.82. The third kappa shape index (κ3) is 2.59. The zero-order valence-electron chi connectivity index (χ0n) is 10.6. The Bertz CT molecular complexity index is 407. The fourth-order valence-corrected chi connectivity index (χ4v) is 2.21. The maximum absolute atomic E-state index is 11.9. The highest BCUT2D eigenvalue weighted by Gasteiger charge is 2.35. The maximum Gasteiger partial charge on any atom is 0.271 e. The van der Waals surface area contributed by atoms with Crippen LogP contribution >= 0.6 is 0 Å². The van der Waals surface area contributed by atoms with Crippen molar-refractivity contribution < 1.29 is 4.79 Å². The van der Waals surface area contributed by atoms with E-state index in [0.717, 1.165) is 13.0 Å². The highest BCUT2D eigenvalue weighted by atomic mass is 16.1. The molecule has 6 heteroatoms. The van der Waals surface area contributed by atoms with E-state index in [1.165, 1.54) is 31.7 Å². The van der Waals surface area contributed by atoms with E-state index >= 15 is 0 Å². The molecule has 1 aliphatic rings. The number of carbonyl (C=O) groups excluding carboxylic acids is 1. The summed E-state index contributed by atoms with van der Waals surface area (Å²) in [5.41, 5.74) is 3.00. The molecule has 1 heterocycles. The van der Waals surface area contributed by atoms with Crippen molar-refractivity contribution in [1.82, 2.24) is 15.3 Å². The van der Waals surface area contributed by atoms with Crippen molar-refractivity contribution in [1.29, 1.82) is 0 Å². The number of anilines is 1. The van der Waals surface area contributed by atoms with E-state index in [1.807, 2.05) is 0 Å². The molecule has 1 amide bonds. The lowest BCUT2D eigenvalue weighted by molar-refractivity contribution is 0.0845. The van der Waals surface area contributed by atoms with Gasteiger partial charge in [-0.3, -0.25) is 4.79 Å². The Hall–Kier alpha value is -1.69. The molecule has 0 aromatic carbocycles. The lowest BCUT2D eigenvalue weighted by Gasteiger charge is -2.41. The largest absolute Gasteiger partial charge is 0.350 e. The zero-order valence-corrected chi connectivity index (χ0v) is 10.6. The summed E-state index contributed by atoms with van der Waals surface area (Å²) in [5, 5.41) is 2.94. The molecule has 6 nitrogen and oxygen atoms in total. The first-order chi connectivity index (χ1) is 8.69. The molecule has 0 atom stereocenters. The van der Waals surface area contributed by atoms with Gasteiger partial charge in [-0.1, -0.05) is 13.3 Å². The van der Waals surface area contributed by atoms with Crippen molar-refractivity contribution >= 4 is 11.7 Å². The lowest BCUT2D eigenvalue weighted by Crippen LogP contribution is -2.41. The van der Waals surface area contributed by atoms with Crippen molar-refractivity contribution in [3.8, 4) is 0 Å². The molecular formula is C12H19N5O. The van der Waals surface area contributed by atoms with E-state index in [1.54, 1.807) is 0 Å². The Kier molecular flexibility index (Phi) is 3.76. The number of hydrogen-bond donors (Lipinski definition) is 3. The van der Waals surface area contributed by atoms with Gasteiger partial charge >= 0.3 is 0 Å². The van der Waals surface area contributed by atoms with Crippen molar-refractivity contribution in [2.24, 2.45) is 11.3 Å². The molecule has 1 aromatic heterocycles. The summed E-state index contributed by atoms with van der Waals surface area (Å²) < 4.78 is 0. The second kappa shape index (κ2) is 5.30. The summed E-state index contributed by atoms with van der Waals surface area (Å²) in [6.07, 6.45) is 7.63. The van der Waals surface area contributed by atoms with Gasteiger partial charge in [-0.2, -0.15) is 0 Å². The third-order valence-electron chi connectivity index (χ3n) is 3.82. The fourth-order valence-electron chi connectivity index (χ4n) is 2.21. The number of aromatic nitrogens is 2. The van der Waals surface area contributed by atoms with Crippen LogP contribution in [0.4, 0.5) is 5.82 Å². The van der Waals surface area contributed by atoms with Gasteiger partial charge in [-0.15, -0.1) is 0 Å². The van der Waals surface area contributed by atoms with Gasteiger partial charge in [-0.05, 0) is 24.7 Å². The molecule has 0 aliphatic heterocycles. The summed E-state index contributed by atoms with van der Waals surface area (Å²) in [6, 6.07) is 0. The monoisotopic (exact) mass is 249 g/mol.